The minimum Gasteiger partial charge on any atom is -0.342 e. The number of rotatable bonds is 6. The lowest BCUT2D eigenvalue weighted by Crippen LogP contribution is -2.51. The Hall–Kier alpha value is -2.70. The molecule has 7 nitrogen and oxygen atoms in total. The molecule has 1 aliphatic heterocycles. The number of hydrogen-bond donors (Lipinski definition) is 0. The highest BCUT2D eigenvalue weighted by Crippen LogP contribution is 2.56. The van der Waals surface area contributed by atoms with Crippen LogP contribution < -0.4 is 0 Å². The third kappa shape index (κ3) is 4.23. The molecule has 1 aromatic heterocycles. The summed E-state index contributed by atoms with van der Waals surface area (Å²) in [6.45, 7) is 8.92. The smallest absolute Gasteiger partial charge is 0.276 e. The topological polar surface area (TPSA) is 71.3 Å². The third-order valence-electron chi connectivity index (χ3n) is 7.27. The molecule has 1 aromatic carbocycles. The first kappa shape index (κ1) is 21.5. The van der Waals surface area contributed by atoms with E-state index < -0.39 is 0 Å². The van der Waals surface area contributed by atoms with Gasteiger partial charge in [-0.1, -0.05) is 35.0 Å². The molecule has 2 fully saturated rings. The molecule has 1 unspecified atom stereocenters. The first-order valence-corrected chi connectivity index (χ1v) is 11.5. The van der Waals surface area contributed by atoms with Gasteiger partial charge in [-0.05, 0) is 57.4 Å². The van der Waals surface area contributed by atoms with Crippen LogP contribution in [0.25, 0.3) is 0 Å². The normalized spacial score (nSPS) is 19.8. The van der Waals surface area contributed by atoms with E-state index in [4.69, 9.17) is 0 Å². The summed E-state index contributed by atoms with van der Waals surface area (Å²) in [5, 5.41) is 8.48. The Labute approximate surface area is 184 Å². The van der Waals surface area contributed by atoms with Crippen molar-refractivity contribution in [3.8, 4) is 0 Å². The van der Waals surface area contributed by atoms with Crippen molar-refractivity contribution in [2.24, 2.45) is 5.41 Å². The first-order valence-electron chi connectivity index (χ1n) is 11.5. The zero-order chi connectivity index (χ0) is 22.0. The fourth-order valence-corrected chi connectivity index (χ4v) is 5.19. The zero-order valence-electron chi connectivity index (χ0n) is 18.9. The lowest BCUT2D eigenvalue weighted by molar-refractivity contribution is -0.135. The van der Waals surface area contributed by atoms with Crippen LogP contribution in [-0.2, 0) is 11.2 Å². The second-order valence-electron chi connectivity index (χ2n) is 9.02. The monoisotopic (exact) mass is 423 g/mol. The van der Waals surface area contributed by atoms with Crippen molar-refractivity contribution in [1.29, 1.82) is 0 Å². The van der Waals surface area contributed by atoms with Gasteiger partial charge in [0.15, 0.2) is 5.69 Å². The van der Waals surface area contributed by atoms with Gasteiger partial charge in [0.2, 0.25) is 5.91 Å². The second kappa shape index (κ2) is 8.81. The van der Waals surface area contributed by atoms with Crippen LogP contribution in [0.2, 0.25) is 0 Å². The van der Waals surface area contributed by atoms with Gasteiger partial charge < -0.3 is 9.80 Å². The van der Waals surface area contributed by atoms with Crippen LogP contribution in [0, 0.1) is 12.3 Å². The van der Waals surface area contributed by atoms with Crippen molar-refractivity contribution >= 4 is 11.8 Å². The van der Waals surface area contributed by atoms with E-state index >= 15 is 0 Å². The highest BCUT2D eigenvalue weighted by molar-refractivity contribution is 5.91. The highest BCUT2D eigenvalue weighted by atomic mass is 16.2. The van der Waals surface area contributed by atoms with E-state index in [1.54, 1.807) is 4.90 Å². The van der Waals surface area contributed by atoms with Crippen molar-refractivity contribution in [3.63, 3.8) is 0 Å². The van der Waals surface area contributed by atoms with Gasteiger partial charge in [-0.15, -0.1) is 5.10 Å². The van der Waals surface area contributed by atoms with Gasteiger partial charge in [-0.25, -0.2) is 4.68 Å². The fraction of sp³-hybridized carbons (Fsp3) is 0.583. The van der Waals surface area contributed by atoms with Crippen molar-refractivity contribution in [2.45, 2.75) is 58.9 Å². The summed E-state index contributed by atoms with van der Waals surface area (Å²) < 4.78 is 1.91. The average molecular weight is 424 g/mol. The Morgan fingerprint density at radius 3 is 2.52 bits per heavy atom. The lowest BCUT2D eigenvalue weighted by atomic mass is 9.59. The minimum atomic E-state index is -0.0545. The van der Waals surface area contributed by atoms with E-state index in [1.807, 2.05) is 41.8 Å². The molecule has 2 amide bonds. The molecule has 1 spiro atoms. The minimum absolute atomic E-state index is 0.0545. The largest absolute Gasteiger partial charge is 0.342 e. The van der Waals surface area contributed by atoms with E-state index in [1.165, 1.54) is 5.56 Å². The Morgan fingerprint density at radius 1 is 1.16 bits per heavy atom. The van der Waals surface area contributed by atoms with E-state index in [2.05, 4.69) is 29.4 Å². The maximum Gasteiger partial charge on any atom is 0.276 e. The van der Waals surface area contributed by atoms with Crippen molar-refractivity contribution in [3.05, 3.63) is 47.3 Å². The molecule has 0 N–H and O–H groups in total. The molecule has 31 heavy (non-hydrogen) atoms. The van der Waals surface area contributed by atoms with Gasteiger partial charge in [-0.3, -0.25) is 9.59 Å². The number of likely N-dealkylation sites (tertiary alicyclic amines) is 1. The van der Waals surface area contributed by atoms with Gasteiger partial charge in [0.25, 0.3) is 5.91 Å². The number of piperidine rings is 1. The number of carbonyl (C=O) groups is 2. The van der Waals surface area contributed by atoms with Crippen LogP contribution in [0.15, 0.2) is 30.5 Å². The summed E-state index contributed by atoms with van der Waals surface area (Å²) in [6.07, 6.45) is 6.46. The molecule has 2 aliphatic rings. The summed E-state index contributed by atoms with van der Waals surface area (Å²) in [7, 11) is 0. The summed E-state index contributed by atoms with van der Waals surface area (Å²) in [6, 6.07) is 8.46. The Kier molecular flexibility index (Phi) is 6.12. The predicted molar refractivity (Wildman–Crippen MR) is 119 cm³/mol. The molecule has 1 aliphatic carbocycles. The molecule has 2 heterocycles. The van der Waals surface area contributed by atoms with Crippen molar-refractivity contribution in [2.75, 3.05) is 26.2 Å². The van der Waals surface area contributed by atoms with E-state index in [0.29, 0.717) is 25.2 Å². The third-order valence-corrected chi connectivity index (χ3v) is 7.27. The maximum atomic E-state index is 12.8. The molecule has 0 bridgehead atoms. The van der Waals surface area contributed by atoms with E-state index in [9.17, 15) is 9.59 Å². The van der Waals surface area contributed by atoms with Crippen molar-refractivity contribution in [1.82, 2.24) is 24.8 Å². The van der Waals surface area contributed by atoms with Crippen LogP contribution in [-0.4, -0.2) is 62.8 Å². The zero-order valence-corrected chi connectivity index (χ0v) is 18.9. The lowest BCUT2D eigenvalue weighted by Gasteiger charge is -2.53. The second-order valence-corrected chi connectivity index (χ2v) is 9.02. The SMILES string of the molecule is CCN(CC)C(=O)c1cn(C2CCC23CCN(C(=O)Cc2cccc(C)c2)CC3)nn1. The standard InChI is InChI=1S/C24H33N5O2/c1-4-27(5-2)23(31)20-17-29(26-25-20)21-9-10-24(21)11-13-28(14-12-24)22(30)16-19-8-6-7-18(3)15-19/h6-8,15,17,21H,4-5,9-14,16H2,1-3H3. The number of aromatic nitrogens is 3. The molecule has 1 saturated carbocycles. The number of nitrogens with zero attached hydrogens (tertiary/aromatic N) is 5. The number of hydrogen-bond acceptors (Lipinski definition) is 4. The van der Waals surface area contributed by atoms with Crippen LogP contribution >= 0.6 is 0 Å². The van der Waals surface area contributed by atoms with Gasteiger partial charge in [0.05, 0.1) is 18.7 Å². The fourth-order valence-electron chi connectivity index (χ4n) is 5.19. The van der Waals surface area contributed by atoms with Gasteiger partial charge in [0.1, 0.15) is 0 Å². The Morgan fingerprint density at radius 2 is 1.90 bits per heavy atom. The Balaban J connectivity index is 1.37. The molecule has 166 valence electrons. The summed E-state index contributed by atoms with van der Waals surface area (Å²) >= 11 is 0. The number of benzene rings is 1. The number of aryl methyl sites for hydroxylation is 1. The molecular formula is C24H33N5O2. The van der Waals surface area contributed by atoms with Gasteiger partial charge in [0, 0.05) is 26.2 Å². The molecule has 1 saturated heterocycles. The van der Waals surface area contributed by atoms with Crippen LogP contribution in [0.3, 0.4) is 0 Å². The maximum absolute atomic E-state index is 12.8. The van der Waals surface area contributed by atoms with Crippen LogP contribution in [0.5, 0.6) is 0 Å². The quantitative estimate of drug-likeness (QED) is 0.715. The predicted octanol–water partition coefficient (Wildman–Crippen LogP) is 3.25. The molecule has 2 aromatic rings. The molecule has 4 rings (SSSR count). The first-order chi connectivity index (χ1) is 15.0. The van der Waals surface area contributed by atoms with Crippen LogP contribution in [0.1, 0.15) is 67.2 Å². The molecule has 0 radical (unpaired) electrons. The number of carbonyl (C=O) groups excluding carboxylic acids is 2. The highest BCUT2D eigenvalue weighted by Gasteiger charge is 2.50. The summed E-state index contributed by atoms with van der Waals surface area (Å²) in [5.74, 6) is 0.158. The van der Waals surface area contributed by atoms with Crippen LogP contribution in [0.4, 0.5) is 0 Å². The Bertz CT molecular complexity index is 941. The molecule has 1 atom stereocenters. The van der Waals surface area contributed by atoms with E-state index in [0.717, 1.165) is 44.3 Å². The summed E-state index contributed by atoms with van der Waals surface area (Å²) in [4.78, 5) is 29.2. The molecular weight excluding hydrogens is 390 g/mol. The van der Waals surface area contributed by atoms with Gasteiger partial charge in [-0.2, -0.15) is 0 Å². The summed E-state index contributed by atoms with van der Waals surface area (Å²) in [5.41, 5.74) is 2.87. The average Bonchev–Trinajstić information content (AvgIpc) is 3.23. The van der Waals surface area contributed by atoms with Crippen molar-refractivity contribution < 1.29 is 9.59 Å². The molecule has 7 heteroatoms. The van der Waals surface area contributed by atoms with E-state index in [-0.39, 0.29) is 23.3 Å². The number of amides is 2. The van der Waals surface area contributed by atoms with Gasteiger partial charge >= 0.3 is 0 Å².